The Morgan fingerprint density at radius 2 is 2.24 bits per heavy atom. The minimum atomic E-state index is -1.01. The number of hydrogen-bond donors (Lipinski definition) is 1. The van der Waals surface area contributed by atoms with E-state index in [0.29, 0.717) is 5.69 Å². The fourth-order valence-corrected chi connectivity index (χ4v) is 1.95. The molecule has 1 fully saturated rings. The number of halogens is 2. The van der Waals surface area contributed by atoms with Crippen molar-refractivity contribution >= 4 is 29.2 Å². The van der Waals surface area contributed by atoms with E-state index in [1.54, 1.807) is 0 Å². The van der Waals surface area contributed by atoms with Crippen LogP contribution in [-0.2, 0) is 9.59 Å². The monoisotopic (exact) mass is 257 g/mol. The second kappa shape index (κ2) is 4.33. The van der Waals surface area contributed by atoms with Gasteiger partial charge in [-0.05, 0) is 18.2 Å². The van der Waals surface area contributed by atoms with E-state index in [1.807, 2.05) is 0 Å². The minimum absolute atomic E-state index is 0.0374. The van der Waals surface area contributed by atoms with E-state index in [-0.39, 0.29) is 23.9 Å². The Morgan fingerprint density at radius 3 is 2.76 bits per heavy atom. The van der Waals surface area contributed by atoms with Crippen LogP contribution in [0.25, 0.3) is 0 Å². The molecule has 0 bridgehead atoms. The minimum Gasteiger partial charge on any atom is -0.481 e. The number of rotatable bonds is 2. The van der Waals surface area contributed by atoms with Crippen LogP contribution < -0.4 is 4.90 Å². The Kier molecular flexibility index (Phi) is 3.02. The van der Waals surface area contributed by atoms with Gasteiger partial charge < -0.3 is 10.0 Å². The predicted octanol–water partition coefficient (Wildman–Crippen LogP) is 1.92. The number of anilines is 1. The van der Waals surface area contributed by atoms with Crippen molar-refractivity contribution in [2.24, 2.45) is 5.92 Å². The molecule has 1 heterocycles. The molecule has 1 aromatic carbocycles. The Hall–Kier alpha value is -1.62. The normalized spacial score (nSPS) is 19.8. The lowest BCUT2D eigenvalue weighted by Crippen LogP contribution is -2.25. The van der Waals surface area contributed by atoms with Gasteiger partial charge in [-0.15, -0.1) is 0 Å². The summed E-state index contributed by atoms with van der Waals surface area (Å²) >= 11 is 5.61. The van der Waals surface area contributed by atoms with Gasteiger partial charge >= 0.3 is 5.97 Å². The van der Waals surface area contributed by atoms with Crippen molar-refractivity contribution in [3.63, 3.8) is 0 Å². The maximum atomic E-state index is 13.0. The molecular formula is C11H9ClFNO3. The molecule has 1 amide bonds. The van der Waals surface area contributed by atoms with Gasteiger partial charge in [0.2, 0.25) is 5.91 Å². The maximum Gasteiger partial charge on any atom is 0.308 e. The van der Waals surface area contributed by atoms with E-state index in [1.165, 1.54) is 17.0 Å². The smallest absolute Gasteiger partial charge is 0.308 e. The van der Waals surface area contributed by atoms with Gasteiger partial charge in [-0.2, -0.15) is 0 Å². The number of aliphatic carboxylic acids is 1. The molecular weight excluding hydrogens is 249 g/mol. The zero-order chi connectivity index (χ0) is 12.6. The molecule has 1 atom stereocenters. The van der Waals surface area contributed by atoms with Crippen LogP contribution in [0, 0.1) is 11.7 Å². The third-order valence-electron chi connectivity index (χ3n) is 2.69. The van der Waals surface area contributed by atoms with E-state index in [9.17, 15) is 14.0 Å². The molecule has 1 unspecified atom stereocenters. The highest BCUT2D eigenvalue weighted by Gasteiger charge is 2.35. The SMILES string of the molecule is O=C(O)C1CC(=O)N(c2ccc(F)c(Cl)c2)C1. The zero-order valence-corrected chi connectivity index (χ0v) is 9.45. The third kappa shape index (κ3) is 2.24. The summed E-state index contributed by atoms with van der Waals surface area (Å²) in [7, 11) is 0. The lowest BCUT2D eigenvalue weighted by atomic mass is 10.1. The number of carboxylic acid groups (broad SMARTS) is 1. The zero-order valence-electron chi connectivity index (χ0n) is 8.69. The molecule has 0 saturated carbocycles. The van der Waals surface area contributed by atoms with Gasteiger partial charge in [0, 0.05) is 18.7 Å². The summed E-state index contributed by atoms with van der Waals surface area (Å²) in [6, 6.07) is 3.88. The highest BCUT2D eigenvalue weighted by molar-refractivity contribution is 6.31. The summed E-state index contributed by atoms with van der Waals surface area (Å²) in [4.78, 5) is 23.7. The lowest BCUT2D eigenvalue weighted by molar-refractivity contribution is -0.141. The molecule has 0 aliphatic carbocycles. The average molecular weight is 258 g/mol. The molecule has 1 N–H and O–H groups in total. The van der Waals surface area contributed by atoms with E-state index >= 15 is 0 Å². The van der Waals surface area contributed by atoms with Gasteiger partial charge in [0.25, 0.3) is 0 Å². The van der Waals surface area contributed by atoms with Crippen LogP contribution in [0.3, 0.4) is 0 Å². The molecule has 0 spiro atoms. The predicted molar refractivity (Wildman–Crippen MR) is 59.5 cm³/mol. The largest absolute Gasteiger partial charge is 0.481 e. The number of amides is 1. The van der Waals surface area contributed by atoms with Gasteiger partial charge in [0.15, 0.2) is 0 Å². The number of nitrogens with zero attached hydrogens (tertiary/aromatic N) is 1. The molecule has 1 aromatic rings. The molecule has 6 heteroatoms. The van der Waals surface area contributed by atoms with Crippen molar-refractivity contribution < 1.29 is 19.1 Å². The van der Waals surface area contributed by atoms with Crippen LogP contribution in [0.1, 0.15) is 6.42 Å². The van der Waals surface area contributed by atoms with Crippen molar-refractivity contribution in [2.45, 2.75) is 6.42 Å². The molecule has 1 saturated heterocycles. The highest BCUT2D eigenvalue weighted by atomic mass is 35.5. The average Bonchev–Trinajstić information content (AvgIpc) is 2.65. The first-order valence-corrected chi connectivity index (χ1v) is 5.35. The van der Waals surface area contributed by atoms with Crippen molar-refractivity contribution in [3.05, 3.63) is 29.0 Å². The summed E-state index contributed by atoms with van der Waals surface area (Å²) in [6.45, 7) is 0.0934. The summed E-state index contributed by atoms with van der Waals surface area (Å²) in [5, 5.41) is 8.74. The molecule has 17 heavy (non-hydrogen) atoms. The topological polar surface area (TPSA) is 57.6 Å². The van der Waals surface area contributed by atoms with Gasteiger partial charge in [0.05, 0.1) is 10.9 Å². The van der Waals surface area contributed by atoms with E-state index < -0.39 is 17.7 Å². The quantitative estimate of drug-likeness (QED) is 0.881. The standard InChI is InChI=1S/C11H9ClFNO3/c12-8-4-7(1-2-9(8)13)14-5-6(11(16)17)3-10(14)15/h1-2,4,6H,3,5H2,(H,16,17). The second-order valence-corrected chi connectivity index (χ2v) is 4.25. The first-order chi connectivity index (χ1) is 7.99. The van der Waals surface area contributed by atoms with Crippen LogP contribution in [0.5, 0.6) is 0 Å². The second-order valence-electron chi connectivity index (χ2n) is 3.84. The van der Waals surface area contributed by atoms with Crippen molar-refractivity contribution in [2.75, 3.05) is 11.4 Å². The number of hydrogen-bond acceptors (Lipinski definition) is 2. The summed E-state index contributed by atoms with van der Waals surface area (Å²) < 4.78 is 13.0. The molecule has 90 valence electrons. The number of carbonyl (C=O) groups is 2. The lowest BCUT2D eigenvalue weighted by Gasteiger charge is -2.16. The van der Waals surface area contributed by atoms with Crippen molar-refractivity contribution in [3.8, 4) is 0 Å². The van der Waals surface area contributed by atoms with Crippen LogP contribution in [-0.4, -0.2) is 23.5 Å². The molecule has 4 nitrogen and oxygen atoms in total. The first-order valence-electron chi connectivity index (χ1n) is 4.97. The third-order valence-corrected chi connectivity index (χ3v) is 2.98. The van der Waals surface area contributed by atoms with Gasteiger partial charge in [-0.3, -0.25) is 9.59 Å². The molecule has 0 aromatic heterocycles. The van der Waals surface area contributed by atoms with E-state index in [0.717, 1.165) is 6.07 Å². The molecule has 1 aliphatic heterocycles. The van der Waals surface area contributed by atoms with Gasteiger partial charge in [-0.1, -0.05) is 11.6 Å². The van der Waals surface area contributed by atoms with E-state index in [4.69, 9.17) is 16.7 Å². The van der Waals surface area contributed by atoms with Crippen LogP contribution in [0.15, 0.2) is 18.2 Å². The van der Waals surface area contributed by atoms with Gasteiger partial charge in [0.1, 0.15) is 5.82 Å². The maximum absolute atomic E-state index is 13.0. The summed E-state index contributed by atoms with van der Waals surface area (Å²) in [5.41, 5.74) is 0.421. The number of benzene rings is 1. The summed E-state index contributed by atoms with van der Waals surface area (Å²) in [5.74, 6) is -2.59. The van der Waals surface area contributed by atoms with Gasteiger partial charge in [-0.25, -0.2) is 4.39 Å². The number of carboxylic acids is 1. The Bertz CT molecular complexity index is 492. The van der Waals surface area contributed by atoms with Crippen LogP contribution in [0.4, 0.5) is 10.1 Å². The molecule has 1 aliphatic rings. The highest BCUT2D eigenvalue weighted by Crippen LogP contribution is 2.28. The fourth-order valence-electron chi connectivity index (χ4n) is 1.78. The Balaban J connectivity index is 2.26. The van der Waals surface area contributed by atoms with Crippen molar-refractivity contribution in [1.82, 2.24) is 0 Å². The fraction of sp³-hybridized carbons (Fsp3) is 0.273. The number of carbonyl (C=O) groups excluding carboxylic acids is 1. The molecule has 0 radical (unpaired) electrons. The van der Waals surface area contributed by atoms with E-state index in [2.05, 4.69) is 0 Å². The Morgan fingerprint density at radius 1 is 1.53 bits per heavy atom. The van der Waals surface area contributed by atoms with Crippen LogP contribution in [0.2, 0.25) is 5.02 Å². The molecule has 2 rings (SSSR count). The van der Waals surface area contributed by atoms with Crippen molar-refractivity contribution in [1.29, 1.82) is 0 Å². The first kappa shape index (κ1) is 11.9. The summed E-state index contributed by atoms with van der Waals surface area (Å²) in [6.07, 6.45) is -0.0374. The Labute approximate surface area is 102 Å². The van der Waals surface area contributed by atoms with Crippen LogP contribution >= 0.6 is 11.6 Å².